The van der Waals surface area contributed by atoms with Crippen molar-refractivity contribution in [3.63, 3.8) is 0 Å². The molecule has 8 heteroatoms. The van der Waals surface area contributed by atoms with Crippen LogP contribution in [0.1, 0.15) is 5.89 Å². The zero-order chi connectivity index (χ0) is 17.6. The summed E-state index contributed by atoms with van der Waals surface area (Å²) >= 11 is 1.04. The molecule has 2 aromatic carbocycles. The fourth-order valence-electron chi connectivity index (χ4n) is 1.91. The minimum atomic E-state index is -0.533. The Hall–Kier alpha value is -2.74. The second-order valence-electron chi connectivity index (χ2n) is 4.90. The topological polar surface area (TPSA) is 65.2 Å². The summed E-state index contributed by atoms with van der Waals surface area (Å²) in [5, 5.41) is 3.74. The molecule has 5 nitrogen and oxygen atoms in total. The van der Waals surface area contributed by atoms with Gasteiger partial charge in [-0.1, -0.05) is 17.3 Å². The number of carbonyl (C=O) groups is 1. The van der Waals surface area contributed by atoms with E-state index in [2.05, 4.69) is 10.1 Å². The average molecular weight is 362 g/mol. The molecule has 0 saturated carbocycles. The Bertz CT molecular complexity index is 868. The largest absolute Gasteiger partial charge is 0.455 e. The standard InChI is InChI=1S/C17H12F2N2O3S/c18-12-7-5-11(6-8-12)17-20-15(24-21-17)9-23-16(22)10-25-14-4-2-1-3-13(14)19/h1-8H,9-10H2. The number of ether oxygens (including phenoxy) is 1. The van der Waals surface area contributed by atoms with Gasteiger partial charge in [0.05, 0.1) is 5.75 Å². The van der Waals surface area contributed by atoms with Crippen LogP contribution in [0.4, 0.5) is 8.78 Å². The van der Waals surface area contributed by atoms with Gasteiger partial charge in [-0.3, -0.25) is 4.79 Å². The summed E-state index contributed by atoms with van der Waals surface area (Å²) in [5.41, 5.74) is 0.581. The minimum Gasteiger partial charge on any atom is -0.455 e. The van der Waals surface area contributed by atoms with E-state index in [9.17, 15) is 13.6 Å². The maximum absolute atomic E-state index is 13.5. The van der Waals surface area contributed by atoms with Crippen molar-refractivity contribution < 1.29 is 22.8 Å². The molecule has 128 valence electrons. The van der Waals surface area contributed by atoms with E-state index in [-0.39, 0.29) is 35.7 Å². The molecular formula is C17H12F2N2O3S. The Balaban J connectivity index is 1.51. The van der Waals surface area contributed by atoms with E-state index in [1.165, 1.54) is 30.3 Å². The summed E-state index contributed by atoms with van der Waals surface area (Å²) < 4.78 is 36.3. The van der Waals surface area contributed by atoms with E-state index in [4.69, 9.17) is 9.26 Å². The molecule has 0 spiro atoms. The van der Waals surface area contributed by atoms with Crippen LogP contribution in [0.25, 0.3) is 11.4 Å². The highest BCUT2D eigenvalue weighted by Gasteiger charge is 2.12. The number of halogens is 2. The van der Waals surface area contributed by atoms with Crippen molar-refractivity contribution in [3.8, 4) is 11.4 Å². The molecule has 1 heterocycles. The van der Waals surface area contributed by atoms with Crippen molar-refractivity contribution in [1.82, 2.24) is 10.1 Å². The molecule has 0 N–H and O–H groups in total. The van der Waals surface area contributed by atoms with Crippen LogP contribution in [-0.4, -0.2) is 21.9 Å². The molecular weight excluding hydrogens is 350 g/mol. The smallest absolute Gasteiger partial charge is 0.316 e. The molecule has 0 aliphatic heterocycles. The third kappa shape index (κ3) is 4.63. The predicted octanol–water partition coefficient (Wildman–Crippen LogP) is 3.85. The lowest BCUT2D eigenvalue weighted by atomic mass is 10.2. The molecule has 3 aromatic rings. The number of nitrogens with zero attached hydrogens (tertiary/aromatic N) is 2. The predicted molar refractivity (Wildman–Crippen MR) is 86.6 cm³/mol. The highest BCUT2D eigenvalue weighted by atomic mass is 32.2. The van der Waals surface area contributed by atoms with Gasteiger partial charge in [-0.2, -0.15) is 4.98 Å². The lowest BCUT2D eigenvalue weighted by Crippen LogP contribution is -2.07. The third-order valence-electron chi connectivity index (χ3n) is 3.11. The first-order valence-corrected chi connectivity index (χ1v) is 8.22. The Morgan fingerprint density at radius 1 is 1.12 bits per heavy atom. The van der Waals surface area contributed by atoms with Gasteiger partial charge in [0.15, 0.2) is 6.61 Å². The summed E-state index contributed by atoms with van der Waals surface area (Å²) in [5.74, 6) is -0.945. The maximum Gasteiger partial charge on any atom is 0.316 e. The molecule has 1 aromatic heterocycles. The summed E-state index contributed by atoms with van der Waals surface area (Å²) in [6, 6.07) is 11.8. The lowest BCUT2D eigenvalue weighted by molar-refractivity contribution is -0.142. The molecule has 0 unspecified atom stereocenters. The van der Waals surface area contributed by atoms with E-state index in [1.54, 1.807) is 18.2 Å². The van der Waals surface area contributed by atoms with Crippen molar-refractivity contribution in [1.29, 1.82) is 0 Å². The molecule has 0 aliphatic carbocycles. The summed E-state index contributed by atoms with van der Waals surface area (Å²) in [7, 11) is 0. The Morgan fingerprint density at radius 3 is 2.64 bits per heavy atom. The number of esters is 1. The normalized spacial score (nSPS) is 10.6. The summed E-state index contributed by atoms with van der Waals surface area (Å²) in [6.45, 7) is -0.190. The van der Waals surface area contributed by atoms with Crippen LogP contribution in [0.3, 0.4) is 0 Å². The van der Waals surface area contributed by atoms with Crippen LogP contribution in [0, 0.1) is 11.6 Å². The van der Waals surface area contributed by atoms with E-state index in [1.807, 2.05) is 0 Å². The molecule has 0 saturated heterocycles. The van der Waals surface area contributed by atoms with Crippen molar-refractivity contribution in [2.45, 2.75) is 11.5 Å². The number of hydrogen-bond donors (Lipinski definition) is 0. The van der Waals surface area contributed by atoms with E-state index in [0.29, 0.717) is 10.5 Å². The van der Waals surface area contributed by atoms with Gasteiger partial charge in [0.2, 0.25) is 5.82 Å². The van der Waals surface area contributed by atoms with Crippen LogP contribution in [-0.2, 0) is 16.1 Å². The summed E-state index contributed by atoms with van der Waals surface area (Å²) in [4.78, 5) is 16.2. The molecule has 0 aliphatic rings. The highest BCUT2D eigenvalue weighted by Crippen LogP contribution is 2.21. The maximum atomic E-state index is 13.5. The van der Waals surface area contributed by atoms with Crippen molar-refractivity contribution in [3.05, 3.63) is 66.1 Å². The summed E-state index contributed by atoms with van der Waals surface area (Å²) in [6.07, 6.45) is 0. The Morgan fingerprint density at radius 2 is 1.88 bits per heavy atom. The second-order valence-corrected chi connectivity index (χ2v) is 5.92. The zero-order valence-electron chi connectivity index (χ0n) is 12.8. The fourth-order valence-corrected chi connectivity index (χ4v) is 2.65. The lowest BCUT2D eigenvalue weighted by Gasteiger charge is -2.03. The number of carbonyl (C=O) groups excluding carboxylic acids is 1. The van der Waals surface area contributed by atoms with Crippen LogP contribution in [0.5, 0.6) is 0 Å². The van der Waals surface area contributed by atoms with Gasteiger partial charge in [-0.05, 0) is 36.4 Å². The SMILES string of the molecule is O=C(CSc1ccccc1F)OCc1nc(-c2ccc(F)cc2)no1. The van der Waals surface area contributed by atoms with Gasteiger partial charge in [0.25, 0.3) is 5.89 Å². The molecule has 0 amide bonds. The van der Waals surface area contributed by atoms with Crippen LogP contribution >= 0.6 is 11.8 Å². The first kappa shape index (κ1) is 17.1. The number of hydrogen-bond acceptors (Lipinski definition) is 6. The van der Waals surface area contributed by atoms with Crippen LogP contribution < -0.4 is 0 Å². The van der Waals surface area contributed by atoms with Gasteiger partial charge in [-0.15, -0.1) is 11.8 Å². The number of benzene rings is 2. The van der Waals surface area contributed by atoms with Crippen molar-refractivity contribution in [2.24, 2.45) is 0 Å². The van der Waals surface area contributed by atoms with Crippen molar-refractivity contribution in [2.75, 3.05) is 5.75 Å². The third-order valence-corrected chi connectivity index (χ3v) is 4.13. The molecule has 0 radical (unpaired) electrons. The van der Waals surface area contributed by atoms with E-state index < -0.39 is 5.97 Å². The van der Waals surface area contributed by atoms with E-state index >= 15 is 0 Å². The first-order chi connectivity index (χ1) is 12.1. The van der Waals surface area contributed by atoms with Gasteiger partial charge in [0.1, 0.15) is 11.6 Å². The minimum absolute atomic E-state index is 0.0418. The molecule has 25 heavy (non-hydrogen) atoms. The monoisotopic (exact) mass is 362 g/mol. The van der Waals surface area contributed by atoms with Gasteiger partial charge in [-0.25, -0.2) is 8.78 Å². The first-order valence-electron chi connectivity index (χ1n) is 7.23. The highest BCUT2D eigenvalue weighted by molar-refractivity contribution is 8.00. The average Bonchev–Trinajstić information content (AvgIpc) is 3.09. The van der Waals surface area contributed by atoms with Crippen molar-refractivity contribution >= 4 is 17.7 Å². The van der Waals surface area contributed by atoms with Crippen LogP contribution in [0.2, 0.25) is 0 Å². The number of thioether (sulfide) groups is 1. The molecule has 3 rings (SSSR count). The zero-order valence-corrected chi connectivity index (χ0v) is 13.6. The molecule has 0 atom stereocenters. The molecule has 0 fully saturated rings. The van der Waals surface area contributed by atoms with Crippen LogP contribution in [0.15, 0.2) is 57.9 Å². The second kappa shape index (κ2) is 7.89. The quantitative estimate of drug-likeness (QED) is 0.490. The fraction of sp³-hybridized carbons (Fsp3) is 0.118. The van der Waals surface area contributed by atoms with Gasteiger partial charge < -0.3 is 9.26 Å². The molecule has 0 bridgehead atoms. The van der Waals surface area contributed by atoms with Gasteiger partial charge >= 0.3 is 5.97 Å². The number of rotatable bonds is 6. The number of aromatic nitrogens is 2. The van der Waals surface area contributed by atoms with E-state index in [0.717, 1.165) is 11.8 Å². The Kier molecular flexibility index (Phi) is 5.39. The Labute approximate surface area is 146 Å². The van der Waals surface area contributed by atoms with Gasteiger partial charge in [0, 0.05) is 10.5 Å².